The largest absolute Gasteiger partial charge is 0.480 e. The zero-order valence-electron chi connectivity index (χ0n) is 24.8. The molecular weight excluding hydrogens is 612 g/mol. The van der Waals surface area contributed by atoms with Gasteiger partial charge in [-0.05, 0) is 69.9 Å². The van der Waals surface area contributed by atoms with Gasteiger partial charge in [-0.15, -0.1) is 11.3 Å². The molecule has 2 aliphatic carbocycles. The number of carboxylic acids is 1. The number of aliphatic hydroxyl groups is 1. The van der Waals surface area contributed by atoms with Gasteiger partial charge in [0.15, 0.2) is 0 Å². The van der Waals surface area contributed by atoms with E-state index in [0.717, 1.165) is 11.3 Å². The van der Waals surface area contributed by atoms with Crippen LogP contribution in [-0.4, -0.2) is 49.1 Å². The Hall–Kier alpha value is -3.88. The minimum absolute atomic E-state index is 0.113. The summed E-state index contributed by atoms with van der Waals surface area (Å²) in [6.07, 6.45) is 3.79. The van der Waals surface area contributed by atoms with Gasteiger partial charge in [0, 0.05) is 5.56 Å². The highest BCUT2D eigenvalue weighted by molar-refractivity contribution is 7.22. The molecule has 5 atom stereocenters. The predicted molar refractivity (Wildman–Crippen MR) is 160 cm³/mol. The summed E-state index contributed by atoms with van der Waals surface area (Å²) < 4.78 is 45.9. The molecule has 0 bridgehead atoms. The maximum atomic E-state index is 14.2. The second-order valence-corrected chi connectivity index (χ2v) is 13.3. The molecule has 45 heavy (non-hydrogen) atoms. The number of ether oxygens (including phenoxy) is 2. The highest BCUT2D eigenvalue weighted by Gasteiger charge is 2.43. The lowest BCUT2D eigenvalue weighted by atomic mass is 10.0. The summed E-state index contributed by atoms with van der Waals surface area (Å²) in [7, 11) is 0. The number of oxazole rings is 1. The second-order valence-electron chi connectivity index (χ2n) is 12.3. The SMILES string of the molecule is Cc1c(-c2ncco2)sc2c1c(=O)n(C(C)(C)C(=O)O)c(=O)n2CC(OC1C[C@H]2CC(O)C[C@H]2C1)c1ccccc1OC(F)F. The molecule has 240 valence electrons. The molecule has 0 radical (unpaired) electrons. The Kier molecular flexibility index (Phi) is 8.16. The number of rotatable bonds is 10. The zero-order valence-corrected chi connectivity index (χ0v) is 25.6. The molecule has 3 unspecified atom stereocenters. The van der Waals surface area contributed by atoms with Crippen LogP contribution in [-0.2, 0) is 21.6 Å². The van der Waals surface area contributed by atoms with Crippen molar-refractivity contribution in [3.05, 3.63) is 68.7 Å². The van der Waals surface area contributed by atoms with Crippen molar-refractivity contribution in [3.8, 4) is 16.5 Å². The Bertz CT molecular complexity index is 1830. The third-order valence-corrected chi connectivity index (χ3v) is 10.4. The van der Waals surface area contributed by atoms with Gasteiger partial charge >= 0.3 is 18.3 Å². The van der Waals surface area contributed by atoms with Gasteiger partial charge in [0.25, 0.3) is 5.56 Å². The van der Waals surface area contributed by atoms with E-state index >= 15 is 0 Å². The molecule has 4 aromatic rings. The molecule has 14 heteroatoms. The highest BCUT2D eigenvalue weighted by atomic mass is 32.1. The van der Waals surface area contributed by atoms with E-state index in [4.69, 9.17) is 13.9 Å². The molecule has 2 aliphatic rings. The van der Waals surface area contributed by atoms with Crippen LogP contribution in [0.15, 0.2) is 50.7 Å². The van der Waals surface area contributed by atoms with Crippen LogP contribution < -0.4 is 16.0 Å². The summed E-state index contributed by atoms with van der Waals surface area (Å²) in [5.74, 6) is -0.781. The fraction of sp³-hybridized carbons (Fsp3) is 0.484. The van der Waals surface area contributed by atoms with Crippen molar-refractivity contribution in [2.75, 3.05) is 0 Å². The summed E-state index contributed by atoms with van der Waals surface area (Å²) in [6, 6.07) is 6.16. The van der Waals surface area contributed by atoms with Crippen molar-refractivity contribution in [3.63, 3.8) is 0 Å². The van der Waals surface area contributed by atoms with Crippen LogP contribution in [0.5, 0.6) is 5.75 Å². The van der Waals surface area contributed by atoms with Gasteiger partial charge in [-0.25, -0.2) is 19.1 Å². The number of carboxylic acid groups (broad SMARTS) is 1. The monoisotopic (exact) mass is 645 g/mol. The molecule has 2 fully saturated rings. The number of hydrogen-bond donors (Lipinski definition) is 2. The first-order chi connectivity index (χ1) is 21.4. The smallest absolute Gasteiger partial charge is 0.387 e. The second kappa shape index (κ2) is 11.8. The van der Waals surface area contributed by atoms with Gasteiger partial charge in [-0.1, -0.05) is 18.2 Å². The summed E-state index contributed by atoms with van der Waals surface area (Å²) >= 11 is 1.08. The van der Waals surface area contributed by atoms with E-state index in [9.17, 15) is 33.4 Å². The fourth-order valence-corrected chi connectivity index (χ4v) is 8.08. The van der Waals surface area contributed by atoms with Crippen molar-refractivity contribution >= 4 is 27.5 Å². The van der Waals surface area contributed by atoms with Crippen LogP contribution in [0.25, 0.3) is 21.0 Å². The van der Waals surface area contributed by atoms with Crippen LogP contribution in [0.2, 0.25) is 0 Å². The van der Waals surface area contributed by atoms with E-state index in [2.05, 4.69) is 4.98 Å². The molecule has 2 N–H and O–H groups in total. The number of carbonyl (C=O) groups is 1. The van der Waals surface area contributed by atoms with Gasteiger partial charge in [0.05, 0.1) is 35.2 Å². The van der Waals surface area contributed by atoms with Crippen molar-refractivity contribution in [2.24, 2.45) is 11.8 Å². The van der Waals surface area contributed by atoms with Crippen LogP contribution in [0, 0.1) is 18.8 Å². The summed E-state index contributed by atoms with van der Waals surface area (Å²) in [5, 5.41) is 20.3. The van der Waals surface area contributed by atoms with Crippen LogP contribution in [0.4, 0.5) is 8.78 Å². The first-order valence-electron chi connectivity index (χ1n) is 14.7. The minimum atomic E-state index is -3.12. The van der Waals surface area contributed by atoms with E-state index in [1.807, 2.05) is 0 Å². The number of aliphatic carboxylic acids is 1. The standard InChI is InChI=1S/C31H33F2N3O8S/c1-15-23-26(38)36(31(2,3)28(39)40)30(41)35(27(23)45-24(15)25-34-8-9-42-25)14-22(20-6-4-5-7-21(20)44-29(32)33)43-19-12-16-10-18(37)11-17(16)13-19/h4-9,16-19,22,29,37H,10-14H2,1-3H3,(H,39,40)/t16-,17+,18?,19?,22?. The molecule has 11 nitrogen and oxygen atoms in total. The van der Waals surface area contributed by atoms with Gasteiger partial charge in [0.1, 0.15) is 28.5 Å². The lowest BCUT2D eigenvalue weighted by molar-refractivity contribution is -0.146. The Morgan fingerprint density at radius 1 is 1.18 bits per heavy atom. The Morgan fingerprint density at radius 3 is 2.49 bits per heavy atom. The molecule has 2 saturated carbocycles. The number of nitrogens with zero attached hydrogens (tertiary/aromatic N) is 3. The van der Waals surface area contributed by atoms with Crippen LogP contribution in [0.1, 0.15) is 56.8 Å². The molecule has 6 rings (SSSR count). The summed E-state index contributed by atoms with van der Waals surface area (Å²) in [5.41, 5.74) is -2.89. The number of aromatic nitrogens is 3. The normalized spacial score (nSPS) is 22.3. The van der Waals surface area contributed by atoms with Gasteiger partial charge in [-0.3, -0.25) is 9.36 Å². The van der Waals surface area contributed by atoms with E-state index in [1.165, 1.54) is 36.9 Å². The van der Waals surface area contributed by atoms with Crippen LogP contribution >= 0.6 is 11.3 Å². The molecule has 3 aromatic heterocycles. The number of para-hydroxylation sites is 1. The molecule has 0 amide bonds. The molecule has 3 heterocycles. The van der Waals surface area contributed by atoms with E-state index in [1.54, 1.807) is 25.1 Å². The Labute approximate surface area is 259 Å². The lowest BCUT2D eigenvalue weighted by Crippen LogP contribution is -2.52. The lowest BCUT2D eigenvalue weighted by Gasteiger charge is -2.28. The van der Waals surface area contributed by atoms with Crippen molar-refractivity contribution in [1.29, 1.82) is 0 Å². The fourth-order valence-electron chi connectivity index (χ4n) is 6.84. The number of halogens is 2. The van der Waals surface area contributed by atoms with Gasteiger partial charge < -0.3 is 24.1 Å². The number of benzene rings is 1. The zero-order chi connectivity index (χ0) is 32.2. The highest BCUT2D eigenvalue weighted by Crippen LogP contribution is 2.47. The first kappa shape index (κ1) is 31.1. The minimum Gasteiger partial charge on any atom is -0.480 e. The number of aliphatic hydroxyl groups excluding tert-OH is 1. The van der Waals surface area contributed by atoms with Gasteiger partial charge in [0.2, 0.25) is 5.89 Å². The predicted octanol–water partition coefficient (Wildman–Crippen LogP) is 4.92. The van der Waals surface area contributed by atoms with Gasteiger partial charge in [-0.2, -0.15) is 8.78 Å². The summed E-state index contributed by atoms with van der Waals surface area (Å²) in [6.45, 7) is 0.828. The number of thiophene rings is 1. The van der Waals surface area contributed by atoms with E-state index in [-0.39, 0.29) is 58.0 Å². The Morgan fingerprint density at radius 2 is 1.87 bits per heavy atom. The van der Waals surface area contributed by atoms with Crippen molar-refractivity contribution in [1.82, 2.24) is 14.1 Å². The maximum absolute atomic E-state index is 14.2. The summed E-state index contributed by atoms with van der Waals surface area (Å²) in [4.78, 5) is 45.4. The number of fused-ring (bicyclic) bond motifs is 2. The van der Waals surface area contributed by atoms with Crippen LogP contribution in [0.3, 0.4) is 0 Å². The van der Waals surface area contributed by atoms with Crippen molar-refractivity contribution < 1.29 is 37.7 Å². The molecule has 1 aromatic carbocycles. The number of alkyl halides is 2. The molecule has 0 saturated heterocycles. The van der Waals surface area contributed by atoms with Crippen molar-refractivity contribution in [2.45, 2.75) is 83.5 Å². The molecule has 0 aliphatic heterocycles. The first-order valence-corrected chi connectivity index (χ1v) is 15.5. The third-order valence-electron chi connectivity index (χ3n) is 9.06. The molecule has 0 spiro atoms. The number of aryl methyl sites for hydroxylation is 1. The average Bonchev–Trinajstić information content (AvgIpc) is 3.74. The third kappa shape index (κ3) is 5.59. The molecular formula is C31H33F2N3O8S. The van der Waals surface area contributed by atoms with E-state index < -0.39 is 35.5 Å². The Balaban J connectivity index is 1.53. The number of hydrogen-bond acceptors (Lipinski definition) is 9. The van der Waals surface area contributed by atoms with E-state index in [0.29, 0.717) is 40.7 Å². The average molecular weight is 646 g/mol. The quantitative estimate of drug-likeness (QED) is 0.246. The topological polar surface area (TPSA) is 146 Å². The maximum Gasteiger partial charge on any atom is 0.387 e.